The van der Waals surface area contributed by atoms with Gasteiger partial charge in [0.1, 0.15) is 22.9 Å². The van der Waals surface area contributed by atoms with Gasteiger partial charge in [-0.15, -0.1) is 21.5 Å². The summed E-state index contributed by atoms with van der Waals surface area (Å²) in [5.41, 5.74) is 5.31. The number of anilines is 1. The average molecular weight is 537 g/mol. The molecule has 0 bridgehead atoms. The Bertz CT molecular complexity index is 1430. The molecule has 4 rings (SSSR count). The van der Waals surface area contributed by atoms with E-state index >= 15 is 0 Å². The number of aromatic nitrogens is 3. The Balaban J connectivity index is 1.42. The third-order valence-corrected chi connectivity index (χ3v) is 7.68. The smallest absolute Gasteiger partial charge is 0.341 e. The Morgan fingerprint density at radius 2 is 1.76 bits per heavy atom. The molecule has 2 aromatic heterocycles. The topological polar surface area (TPSA) is 95.3 Å². The van der Waals surface area contributed by atoms with Crippen LogP contribution in [0.5, 0.6) is 5.75 Å². The maximum absolute atomic E-state index is 12.8. The van der Waals surface area contributed by atoms with Gasteiger partial charge in [0.2, 0.25) is 5.91 Å². The van der Waals surface area contributed by atoms with E-state index in [9.17, 15) is 9.59 Å². The summed E-state index contributed by atoms with van der Waals surface area (Å²) in [6, 6.07) is 13.8. The van der Waals surface area contributed by atoms with E-state index in [4.69, 9.17) is 9.47 Å². The van der Waals surface area contributed by atoms with Crippen LogP contribution in [0.4, 0.5) is 5.00 Å². The summed E-state index contributed by atoms with van der Waals surface area (Å²) in [6.07, 6.45) is 0. The molecule has 10 heteroatoms. The zero-order valence-electron chi connectivity index (χ0n) is 21.3. The highest BCUT2D eigenvalue weighted by molar-refractivity contribution is 7.99. The highest BCUT2D eigenvalue weighted by Gasteiger charge is 2.23. The van der Waals surface area contributed by atoms with Crippen LogP contribution in [0.25, 0.3) is 11.1 Å². The lowest BCUT2D eigenvalue weighted by molar-refractivity contribution is -0.113. The molecule has 0 saturated carbocycles. The van der Waals surface area contributed by atoms with Crippen molar-refractivity contribution in [3.63, 3.8) is 0 Å². The van der Waals surface area contributed by atoms with Gasteiger partial charge in [0.05, 0.1) is 12.9 Å². The second kappa shape index (κ2) is 11.6. The van der Waals surface area contributed by atoms with E-state index in [1.165, 1.54) is 30.2 Å². The molecule has 0 atom stereocenters. The molecule has 8 nitrogen and oxygen atoms in total. The third-order valence-electron chi connectivity index (χ3n) is 5.76. The molecule has 1 amide bonds. The van der Waals surface area contributed by atoms with Gasteiger partial charge in [0.25, 0.3) is 0 Å². The van der Waals surface area contributed by atoms with Crippen LogP contribution in [-0.2, 0) is 23.2 Å². The highest BCUT2D eigenvalue weighted by atomic mass is 32.2. The number of nitrogens with one attached hydrogen (secondary N) is 1. The van der Waals surface area contributed by atoms with Crippen molar-refractivity contribution >= 4 is 40.0 Å². The fraction of sp³-hybridized carbons (Fsp3) is 0.259. The number of thiophene rings is 1. The van der Waals surface area contributed by atoms with Gasteiger partial charge in [-0.05, 0) is 44.0 Å². The minimum absolute atomic E-state index is 0.0993. The summed E-state index contributed by atoms with van der Waals surface area (Å²) >= 11 is 2.56. The Kier molecular flexibility index (Phi) is 8.30. The van der Waals surface area contributed by atoms with Crippen molar-refractivity contribution in [3.8, 4) is 16.9 Å². The fourth-order valence-corrected chi connectivity index (χ4v) is 5.34. The van der Waals surface area contributed by atoms with E-state index in [1.54, 1.807) is 4.57 Å². The van der Waals surface area contributed by atoms with Crippen LogP contribution in [0, 0.1) is 20.8 Å². The maximum atomic E-state index is 12.8. The van der Waals surface area contributed by atoms with Crippen molar-refractivity contribution in [2.45, 2.75) is 32.5 Å². The van der Waals surface area contributed by atoms with Gasteiger partial charge in [-0.1, -0.05) is 53.2 Å². The number of carbonyl (C=O) groups excluding carboxylic acids is 2. The largest absolute Gasteiger partial charge is 0.486 e. The number of thioether (sulfide) groups is 1. The molecule has 0 radical (unpaired) electrons. The number of rotatable bonds is 9. The Morgan fingerprint density at radius 1 is 1.03 bits per heavy atom. The molecule has 0 fully saturated rings. The van der Waals surface area contributed by atoms with Crippen LogP contribution >= 0.6 is 23.1 Å². The predicted molar refractivity (Wildman–Crippen MR) is 146 cm³/mol. The standard InChI is InChI=1S/C27H28N4O4S2/c1-16-7-10-19(11-8-16)35-13-22-29-30-27(31(22)4)37-15-23(32)28-25-24(26(33)34-5)21(14-36-25)20-12-17(2)6-9-18(20)3/h6-12,14H,13,15H2,1-5H3,(H,28,32). The Hall–Kier alpha value is -3.63. The van der Waals surface area contributed by atoms with Crippen molar-refractivity contribution < 1.29 is 19.1 Å². The number of carbonyl (C=O) groups is 2. The van der Waals surface area contributed by atoms with Crippen molar-refractivity contribution in [2.24, 2.45) is 7.05 Å². The van der Waals surface area contributed by atoms with Crippen molar-refractivity contribution in [2.75, 3.05) is 18.2 Å². The van der Waals surface area contributed by atoms with Crippen LogP contribution in [0.2, 0.25) is 0 Å². The molecule has 0 aliphatic carbocycles. The number of benzene rings is 2. The number of amides is 1. The summed E-state index contributed by atoms with van der Waals surface area (Å²) in [7, 11) is 3.17. The summed E-state index contributed by atoms with van der Waals surface area (Å²) < 4.78 is 12.6. The fourth-order valence-electron chi connectivity index (χ4n) is 3.65. The quantitative estimate of drug-likeness (QED) is 0.221. The van der Waals surface area contributed by atoms with Gasteiger partial charge in [0, 0.05) is 18.0 Å². The summed E-state index contributed by atoms with van der Waals surface area (Å²) in [5, 5.41) is 14.2. The third kappa shape index (κ3) is 6.20. The van der Waals surface area contributed by atoms with Crippen LogP contribution in [-0.4, -0.2) is 39.5 Å². The van der Waals surface area contributed by atoms with Crippen LogP contribution in [0.3, 0.4) is 0 Å². The van der Waals surface area contributed by atoms with E-state index in [-0.39, 0.29) is 18.3 Å². The number of hydrogen-bond acceptors (Lipinski definition) is 8. The van der Waals surface area contributed by atoms with Gasteiger partial charge in [-0.3, -0.25) is 4.79 Å². The van der Waals surface area contributed by atoms with E-state index in [2.05, 4.69) is 15.5 Å². The molecule has 4 aromatic rings. The molecular weight excluding hydrogens is 508 g/mol. The molecule has 37 heavy (non-hydrogen) atoms. The lowest BCUT2D eigenvalue weighted by Gasteiger charge is -2.10. The van der Waals surface area contributed by atoms with Crippen molar-refractivity contribution in [1.82, 2.24) is 14.8 Å². The molecule has 0 spiro atoms. The summed E-state index contributed by atoms with van der Waals surface area (Å²) in [5.74, 6) is 0.742. The van der Waals surface area contributed by atoms with Crippen molar-refractivity contribution in [1.29, 1.82) is 0 Å². The Labute approximate surface area is 224 Å². The molecule has 2 aromatic carbocycles. The van der Waals surface area contributed by atoms with Gasteiger partial charge in [-0.25, -0.2) is 4.79 Å². The normalized spacial score (nSPS) is 10.8. The summed E-state index contributed by atoms with van der Waals surface area (Å²) in [4.78, 5) is 25.5. The molecule has 0 unspecified atom stereocenters. The zero-order chi connectivity index (χ0) is 26.5. The first-order valence-electron chi connectivity index (χ1n) is 11.5. The molecule has 0 saturated heterocycles. The zero-order valence-corrected chi connectivity index (χ0v) is 23.0. The molecule has 0 aliphatic rings. The molecule has 2 heterocycles. The van der Waals surface area contributed by atoms with Crippen LogP contribution in [0.15, 0.2) is 53.0 Å². The number of hydrogen-bond donors (Lipinski definition) is 1. The highest BCUT2D eigenvalue weighted by Crippen LogP contribution is 2.38. The SMILES string of the molecule is COC(=O)c1c(-c2cc(C)ccc2C)csc1NC(=O)CSc1nnc(COc2ccc(C)cc2)n1C. The van der Waals surface area contributed by atoms with Gasteiger partial charge >= 0.3 is 5.97 Å². The van der Waals surface area contributed by atoms with E-state index in [0.717, 1.165) is 33.6 Å². The number of nitrogens with zero attached hydrogens (tertiary/aromatic N) is 3. The minimum atomic E-state index is -0.494. The molecule has 0 aliphatic heterocycles. The number of ether oxygens (including phenoxy) is 2. The van der Waals surface area contributed by atoms with E-state index in [1.807, 2.05) is 75.7 Å². The number of methoxy groups -OCH3 is 1. The van der Waals surface area contributed by atoms with Gasteiger partial charge in [0.15, 0.2) is 11.0 Å². The molecule has 192 valence electrons. The first-order chi connectivity index (χ1) is 17.8. The second-order valence-corrected chi connectivity index (χ2v) is 10.4. The van der Waals surface area contributed by atoms with E-state index < -0.39 is 5.97 Å². The maximum Gasteiger partial charge on any atom is 0.341 e. The lowest BCUT2D eigenvalue weighted by Crippen LogP contribution is -2.16. The minimum Gasteiger partial charge on any atom is -0.486 e. The average Bonchev–Trinajstić information content (AvgIpc) is 3.46. The first-order valence-corrected chi connectivity index (χ1v) is 13.4. The second-order valence-electron chi connectivity index (χ2n) is 8.56. The number of aryl methyl sites for hydroxylation is 3. The van der Waals surface area contributed by atoms with Crippen LogP contribution < -0.4 is 10.1 Å². The van der Waals surface area contributed by atoms with Gasteiger partial charge in [-0.2, -0.15) is 0 Å². The lowest BCUT2D eigenvalue weighted by atomic mass is 9.97. The van der Waals surface area contributed by atoms with Gasteiger partial charge < -0.3 is 19.4 Å². The summed E-state index contributed by atoms with van der Waals surface area (Å²) in [6.45, 7) is 6.27. The molecular formula is C27H28N4O4S2. The molecule has 1 N–H and O–H groups in total. The van der Waals surface area contributed by atoms with Crippen LogP contribution in [0.1, 0.15) is 32.9 Å². The number of esters is 1. The predicted octanol–water partition coefficient (Wildman–Crippen LogP) is 5.57. The first kappa shape index (κ1) is 26.4. The Morgan fingerprint density at radius 3 is 2.49 bits per heavy atom. The van der Waals surface area contributed by atoms with Crippen molar-refractivity contribution in [3.05, 3.63) is 75.9 Å². The monoisotopic (exact) mass is 536 g/mol. The van der Waals surface area contributed by atoms with E-state index in [0.29, 0.717) is 21.5 Å².